The van der Waals surface area contributed by atoms with Crippen LogP contribution in [0.2, 0.25) is 0 Å². The van der Waals surface area contributed by atoms with E-state index < -0.39 is 22.7 Å². The zero-order valence-corrected chi connectivity index (χ0v) is 15.6. The van der Waals surface area contributed by atoms with E-state index in [-0.39, 0.29) is 33.3 Å². The van der Waals surface area contributed by atoms with Crippen molar-refractivity contribution in [3.8, 4) is 0 Å². The quantitative estimate of drug-likeness (QED) is 0.443. The SMILES string of the molecule is CCOC(=O)c1sc(NC(=O)c2ccccc2[N+](=O)[O-])c(C(=O)NC)c1C. The molecule has 0 bridgehead atoms. The van der Waals surface area contributed by atoms with Crippen LogP contribution in [0.25, 0.3) is 0 Å². The molecule has 2 N–H and O–H groups in total. The number of para-hydroxylation sites is 1. The lowest BCUT2D eigenvalue weighted by molar-refractivity contribution is -0.385. The molecule has 0 unspecified atom stereocenters. The molecule has 9 nitrogen and oxygen atoms in total. The highest BCUT2D eigenvalue weighted by atomic mass is 32.1. The van der Waals surface area contributed by atoms with Crippen molar-refractivity contribution in [3.63, 3.8) is 0 Å². The van der Waals surface area contributed by atoms with Gasteiger partial charge in [-0.25, -0.2) is 4.79 Å². The summed E-state index contributed by atoms with van der Waals surface area (Å²) in [5.74, 6) is -1.88. The number of hydrogen-bond acceptors (Lipinski definition) is 7. The lowest BCUT2D eigenvalue weighted by Gasteiger charge is -2.07. The molecule has 1 heterocycles. The molecule has 0 saturated heterocycles. The van der Waals surface area contributed by atoms with E-state index in [9.17, 15) is 24.5 Å². The summed E-state index contributed by atoms with van der Waals surface area (Å²) >= 11 is 0.878. The Bertz CT molecular complexity index is 921. The number of anilines is 1. The van der Waals surface area contributed by atoms with E-state index in [0.29, 0.717) is 5.56 Å². The van der Waals surface area contributed by atoms with Crippen LogP contribution in [0.5, 0.6) is 0 Å². The van der Waals surface area contributed by atoms with E-state index in [1.165, 1.54) is 31.3 Å². The molecule has 27 heavy (non-hydrogen) atoms. The smallest absolute Gasteiger partial charge is 0.348 e. The van der Waals surface area contributed by atoms with Crippen LogP contribution < -0.4 is 10.6 Å². The summed E-state index contributed by atoms with van der Waals surface area (Å²) in [4.78, 5) is 47.5. The van der Waals surface area contributed by atoms with Crippen molar-refractivity contribution >= 4 is 39.8 Å². The predicted molar refractivity (Wildman–Crippen MR) is 99.5 cm³/mol. The first kappa shape index (κ1) is 20.0. The monoisotopic (exact) mass is 391 g/mol. The van der Waals surface area contributed by atoms with Gasteiger partial charge in [-0.15, -0.1) is 11.3 Å². The topological polar surface area (TPSA) is 128 Å². The summed E-state index contributed by atoms with van der Waals surface area (Å²) in [6.07, 6.45) is 0. The molecule has 0 aliphatic rings. The van der Waals surface area contributed by atoms with Crippen LogP contribution in [-0.2, 0) is 4.74 Å². The number of ether oxygens (including phenoxy) is 1. The van der Waals surface area contributed by atoms with Gasteiger partial charge in [0.05, 0.1) is 17.1 Å². The van der Waals surface area contributed by atoms with Gasteiger partial charge in [0.15, 0.2) is 0 Å². The molecule has 0 aliphatic carbocycles. The molecule has 142 valence electrons. The fourth-order valence-corrected chi connectivity index (χ4v) is 3.48. The van der Waals surface area contributed by atoms with Gasteiger partial charge in [-0.3, -0.25) is 19.7 Å². The number of nitro benzene ring substituents is 1. The average molecular weight is 391 g/mol. The van der Waals surface area contributed by atoms with Crippen molar-refractivity contribution in [2.24, 2.45) is 0 Å². The van der Waals surface area contributed by atoms with Gasteiger partial charge in [0.1, 0.15) is 15.4 Å². The summed E-state index contributed by atoms with van der Waals surface area (Å²) in [7, 11) is 1.41. The van der Waals surface area contributed by atoms with Crippen LogP contribution in [0.4, 0.5) is 10.7 Å². The Hall–Kier alpha value is -3.27. The number of carbonyl (C=O) groups excluding carboxylic acids is 3. The third-order valence-electron chi connectivity index (χ3n) is 3.63. The van der Waals surface area contributed by atoms with E-state index in [4.69, 9.17) is 4.74 Å². The molecular formula is C17H17N3O6S. The van der Waals surface area contributed by atoms with Gasteiger partial charge in [0, 0.05) is 13.1 Å². The minimum atomic E-state index is -0.760. The van der Waals surface area contributed by atoms with Gasteiger partial charge in [0.25, 0.3) is 17.5 Å². The molecule has 1 aromatic heterocycles. The molecule has 10 heteroatoms. The van der Waals surface area contributed by atoms with Crippen LogP contribution in [0, 0.1) is 17.0 Å². The number of carbonyl (C=O) groups is 3. The molecule has 0 spiro atoms. The van der Waals surface area contributed by atoms with E-state index in [2.05, 4.69) is 10.6 Å². The molecule has 0 radical (unpaired) electrons. The third-order valence-corrected chi connectivity index (χ3v) is 4.82. The lowest BCUT2D eigenvalue weighted by Crippen LogP contribution is -2.21. The molecule has 0 atom stereocenters. The highest BCUT2D eigenvalue weighted by Crippen LogP contribution is 2.34. The Morgan fingerprint density at radius 2 is 1.89 bits per heavy atom. The number of nitrogens with one attached hydrogen (secondary N) is 2. The maximum atomic E-state index is 12.6. The summed E-state index contributed by atoms with van der Waals surface area (Å²) in [6.45, 7) is 3.37. The van der Waals surface area contributed by atoms with Crippen molar-refractivity contribution in [3.05, 3.63) is 55.9 Å². The third kappa shape index (κ3) is 4.11. The fourth-order valence-electron chi connectivity index (χ4n) is 2.39. The molecule has 1 aromatic carbocycles. The maximum absolute atomic E-state index is 12.6. The van der Waals surface area contributed by atoms with Crippen LogP contribution in [0.3, 0.4) is 0 Å². The number of hydrogen-bond donors (Lipinski definition) is 2. The average Bonchev–Trinajstić information content (AvgIpc) is 2.97. The van der Waals surface area contributed by atoms with Gasteiger partial charge in [-0.05, 0) is 25.5 Å². The molecule has 2 aromatic rings. The first-order valence-corrected chi connectivity index (χ1v) is 8.70. The van der Waals surface area contributed by atoms with Crippen molar-refractivity contribution in [2.45, 2.75) is 13.8 Å². The van der Waals surface area contributed by atoms with Crippen LogP contribution in [-0.4, -0.2) is 36.4 Å². The van der Waals surface area contributed by atoms with Crippen LogP contribution >= 0.6 is 11.3 Å². The second-order valence-corrected chi connectivity index (χ2v) is 6.31. The Labute approximate surface area is 158 Å². The molecule has 2 rings (SSSR count). The van der Waals surface area contributed by atoms with Crippen molar-refractivity contribution in [1.82, 2.24) is 5.32 Å². The zero-order chi connectivity index (χ0) is 20.1. The van der Waals surface area contributed by atoms with Crippen molar-refractivity contribution < 1.29 is 24.0 Å². The highest BCUT2D eigenvalue weighted by molar-refractivity contribution is 7.18. The number of esters is 1. The number of nitrogens with zero attached hydrogens (tertiary/aromatic N) is 1. The summed E-state index contributed by atoms with van der Waals surface area (Å²) in [5.41, 5.74) is -0.0577. The molecule has 0 saturated carbocycles. The van der Waals surface area contributed by atoms with Crippen LogP contribution in [0.1, 0.15) is 42.9 Å². The minimum Gasteiger partial charge on any atom is -0.462 e. The lowest BCUT2D eigenvalue weighted by atomic mass is 10.1. The van der Waals surface area contributed by atoms with Crippen LogP contribution in [0.15, 0.2) is 24.3 Å². The Morgan fingerprint density at radius 3 is 2.48 bits per heavy atom. The highest BCUT2D eigenvalue weighted by Gasteiger charge is 2.27. The minimum absolute atomic E-state index is 0.109. The number of rotatable bonds is 6. The largest absolute Gasteiger partial charge is 0.462 e. The number of benzene rings is 1. The number of thiophene rings is 1. The number of nitro groups is 1. The summed E-state index contributed by atoms with van der Waals surface area (Å²) < 4.78 is 4.97. The predicted octanol–water partition coefficient (Wildman–Crippen LogP) is 2.75. The van der Waals surface area contributed by atoms with E-state index in [1.54, 1.807) is 13.8 Å². The number of amides is 2. The Kier molecular flexibility index (Phi) is 6.24. The van der Waals surface area contributed by atoms with E-state index in [0.717, 1.165) is 11.3 Å². The first-order valence-electron chi connectivity index (χ1n) is 7.89. The second-order valence-electron chi connectivity index (χ2n) is 5.29. The summed E-state index contributed by atoms with van der Waals surface area (Å²) in [5, 5.41) is 16.2. The van der Waals surface area contributed by atoms with E-state index >= 15 is 0 Å². The van der Waals surface area contributed by atoms with Gasteiger partial charge in [0.2, 0.25) is 0 Å². The second kappa shape index (κ2) is 8.41. The van der Waals surface area contributed by atoms with Gasteiger partial charge >= 0.3 is 5.97 Å². The van der Waals surface area contributed by atoms with Crippen molar-refractivity contribution in [1.29, 1.82) is 0 Å². The van der Waals surface area contributed by atoms with Crippen molar-refractivity contribution in [2.75, 3.05) is 19.0 Å². The van der Waals surface area contributed by atoms with Gasteiger partial charge in [-0.1, -0.05) is 12.1 Å². The van der Waals surface area contributed by atoms with E-state index in [1.807, 2.05) is 0 Å². The standard InChI is InChI=1S/C17H17N3O6S/c1-4-26-17(23)13-9(2)12(15(22)18-3)16(27-13)19-14(21)10-7-5-6-8-11(10)20(24)25/h5-8H,4H2,1-3H3,(H,18,22)(H,19,21). The van der Waals surface area contributed by atoms with Gasteiger partial charge < -0.3 is 15.4 Å². The summed E-state index contributed by atoms with van der Waals surface area (Å²) in [6, 6.07) is 5.45. The molecule has 2 amide bonds. The van der Waals surface area contributed by atoms with Gasteiger partial charge in [-0.2, -0.15) is 0 Å². The Morgan fingerprint density at radius 1 is 1.22 bits per heavy atom. The zero-order valence-electron chi connectivity index (χ0n) is 14.8. The normalized spacial score (nSPS) is 10.2. The molecular weight excluding hydrogens is 374 g/mol. The Balaban J connectivity index is 2.48. The fraction of sp³-hybridized carbons (Fsp3) is 0.235. The molecule has 0 fully saturated rings. The molecule has 0 aliphatic heterocycles. The maximum Gasteiger partial charge on any atom is 0.348 e. The first-order chi connectivity index (χ1) is 12.8.